The van der Waals surface area contributed by atoms with Gasteiger partial charge in [0.15, 0.2) is 0 Å². The number of hydrogen-bond acceptors (Lipinski definition) is 3. The molecule has 0 saturated heterocycles. The minimum Gasteiger partial charge on any atom is -0.394 e. The van der Waals surface area contributed by atoms with E-state index in [4.69, 9.17) is 5.11 Å². The molecule has 0 aromatic rings. The van der Waals surface area contributed by atoms with Crippen molar-refractivity contribution in [3.8, 4) is 0 Å². The summed E-state index contributed by atoms with van der Waals surface area (Å²) in [4.78, 5) is 0. The van der Waals surface area contributed by atoms with E-state index in [1.54, 1.807) is 0 Å². The minimum atomic E-state index is -0.0247. The molecule has 0 bridgehead atoms. The number of aliphatic hydroxyl groups is 1. The summed E-state index contributed by atoms with van der Waals surface area (Å²) in [6.45, 7) is 0.219. The molecule has 0 amide bonds. The highest BCUT2D eigenvalue weighted by molar-refractivity contribution is 7.78. The predicted octanol–water partition coefficient (Wildman–Crippen LogP) is 0.336. The molecule has 0 radical (unpaired) electrons. The molecular formula is C5H11NOS. The molecule has 48 valence electrons. The average molecular weight is 133 g/mol. The summed E-state index contributed by atoms with van der Waals surface area (Å²) in [5.41, 5.74) is -0.0247. The van der Waals surface area contributed by atoms with Gasteiger partial charge in [0.05, 0.1) is 12.1 Å². The van der Waals surface area contributed by atoms with Gasteiger partial charge in [0.2, 0.25) is 0 Å². The molecule has 2 nitrogen and oxygen atoms in total. The Morgan fingerprint density at radius 2 is 2.25 bits per heavy atom. The molecule has 0 atom stereocenters. The van der Waals surface area contributed by atoms with E-state index in [9.17, 15) is 0 Å². The van der Waals surface area contributed by atoms with Crippen LogP contribution in [0.25, 0.3) is 0 Å². The van der Waals surface area contributed by atoms with Gasteiger partial charge in [0.1, 0.15) is 0 Å². The Labute approximate surface area is 54.8 Å². The van der Waals surface area contributed by atoms with E-state index in [2.05, 4.69) is 17.5 Å². The second-order valence-corrected chi connectivity index (χ2v) is 2.63. The van der Waals surface area contributed by atoms with Crippen LogP contribution in [0.3, 0.4) is 0 Å². The van der Waals surface area contributed by atoms with E-state index in [1.807, 2.05) is 0 Å². The molecule has 1 aliphatic rings. The molecule has 8 heavy (non-hydrogen) atoms. The van der Waals surface area contributed by atoms with Crippen molar-refractivity contribution in [1.29, 1.82) is 0 Å². The maximum absolute atomic E-state index is 8.73. The summed E-state index contributed by atoms with van der Waals surface area (Å²) in [5, 5.41) is 8.73. The molecule has 0 spiro atoms. The standard InChI is InChI=1S/C5H11NOS/c7-4-5(6-8)2-1-3-5/h6-8H,1-4H2. The molecule has 1 saturated carbocycles. The monoisotopic (exact) mass is 133 g/mol. The van der Waals surface area contributed by atoms with Gasteiger partial charge in [-0.25, -0.2) is 0 Å². The van der Waals surface area contributed by atoms with E-state index in [1.165, 1.54) is 6.42 Å². The van der Waals surface area contributed by atoms with Crippen molar-refractivity contribution in [2.24, 2.45) is 0 Å². The van der Waals surface area contributed by atoms with Crippen molar-refractivity contribution in [1.82, 2.24) is 4.72 Å². The van der Waals surface area contributed by atoms with E-state index < -0.39 is 0 Å². The molecule has 1 fully saturated rings. The van der Waals surface area contributed by atoms with Crippen LogP contribution in [0.15, 0.2) is 0 Å². The number of thiol groups is 1. The maximum Gasteiger partial charge on any atom is 0.0621 e. The summed E-state index contributed by atoms with van der Waals surface area (Å²) >= 11 is 3.90. The average Bonchev–Trinajstić information content (AvgIpc) is 1.67. The highest BCUT2D eigenvalue weighted by atomic mass is 32.1. The van der Waals surface area contributed by atoms with E-state index in [0.717, 1.165) is 12.8 Å². The molecule has 1 aliphatic carbocycles. The van der Waals surface area contributed by atoms with Crippen molar-refractivity contribution in [2.45, 2.75) is 24.8 Å². The normalized spacial score (nSPS) is 24.8. The molecule has 3 heteroatoms. The fraction of sp³-hybridized carbons (Fsp3) is 1.00. The van der Waals surface area contributed by atoms with Gasteiger partial charge in [-0.1, -0.05) is 12.8 Å². The second kappa shape index (κ2) is 2.25. The Morgan fingerprint density at radius 3 is 2.25 bits per heavy atom. The molecule has 0 aromatic carbocycles. The smallest absolute Gasteiger partial charge is 0.0621 e. The molecule has 0 aliphatic heterocycles. The predicted molar refractivity (Wildman–Crippen MR) is 35.8 cm³/mol. The van der Waals surface area contributed by atoms with Crippen LogP contribution in [0.5, 0.6) is 0 Å². The Balaban J connectivity index is 2.33. The van der Waals surface area contributed by atoms with Gasteiger partial charge in [-0.2, -0.15) is 0 Å². The molecule has 1 rings (SSSR count). The zero-order valence-corrected chi connectivity index (χ0v) is 5.62. The highest BCUT2D eigenvalue weighted by Gasteiger charge is 2.34. The van der Waals surface area contributed by atoms with Crippen LogP contribution in [-0.4, -0.2) is 17.3 Å². The van der Waals surface area contributed by atoms with Crippen LogP contribution in [0, 0.1) is 0 Å². The fourth-order valence-corrected chi connectivity index (χ4v) is 1.20. The lowest BCUT2D eigenvalue weighted by atomic mass is 9.78. The zero-order chi connectivity index (χ0) is 6.04. The molecule has 0 heterocycles. The Kier molecular flexibility index (Phi) is 1.80. The Morgan fingerprint density at radius 1 is 1.62 bits per heavy atom. The van der Waals surface area contributed by atoms with E-state index >= 15 is 0 Å². The fourth-order valence-electron chi connectivity index (χ4n) is 0.909. The lowest BCUT2D eigenvalue weighted by Crippen LogP contribution is -2.49. The first kappa shape index (κ1) is 6.39. The summed E-state index contributed by atoms with van der Waals surface area (Å²) in [6.07, 6.45) is 3.34. The van der Waals surface area contributed by atoms with Crippen LogP contribution in [0.1, 0.15) is 19.3 Å². The van der Waals surface area contributed by atoms with Crippen molar-refractivity contribution in [3.63, 3.8) is 0 Å². The van der Waals surface area contributed by atoms with Gasteiger partial charge in [-0.15, -0.1) is 0 Å². The van der Waals surface area contributed by atoms with Gasteiger partial charge in [0, 0.05) is 0 Å². The topological polar surface area (TPSA) is 32.3 Å². The zero-order valence-electron chi connectivity index (χ0n) is 4.72. The number of nitrogens with one attached hydrogen (secondary N) is 1. The van der Waals surface area contributed by atoms with Crippen LogP contribution < -0.4 is 4.72 Å². The summed E-state index contributed by atoms with van der Waals surface area (Å²) in [6, 6.07) is 0. The molecular weight excluding hydrogens is 122 g/mol. The lowest BCUT2D eigenvalue weighted by molar-refractivity contribution is 0.114. The maximum atomic E-state index is 8.73. The number of rotatable bonds is 2. The van der Waals surface area contributed by atoms with Crippen molar-refractivity contribution < 1.29 is 5.11 Å². The Bertz CT molecular complexity index is 69.0. The van der Waals surface area contributed by atoms with Crippen molar-refractivity contribution >= 4 is 12.8 Å². The first-order valence-electron chi connectivity index (χ1n) is 2.85. The van der Waals surface area contributed by atoms with Crippen molar-refractivity contribution in [2.75, 3.05) is 6.61 Å². The first-order valence-corrected chi connectivity index (χ1v) is 3.30. The van der Waals surface area contributed by atoms with Crippen LogP contribution in [0.2, 0.25) is 0 Å². The summed E-state index contributed by atoms with van der Waals surface area (Å²) in [5.74, 6) is 0. The Hall–Kier alpha value is 0.270. The number of aliphatic hydroxyl groups excluding tert-OH is 1. The first-order chi connectivity index (χ1) is 3.83. The molecule has 0 aromatic heterocycles. The second-order valence-electron chi connectivity index (χ2n) is 2.40. The van der Waals surface area contributed by atoms with Crippen LogP contribution in [0.4, 0.5) is 0 Å². The summed E-state index contributed by atoms with van der Waals surface area (Å²) < 4.78 is 2.81. The largest absolute Gasteiger partial charge is 0.394 e. The third kappa shape index (κ3) is 0.855. The SMILES string of the molecule is OCC1(NS)CCC1. The third-order valence-electron chi connectivity index (χ3n) is 1.85. The summed E-state index contributed by atoms with van der Waals surface area (Å²) in [7, 11) is 0. The van der Waals surface area contributed by atoms with Crippen LogP contribution >= 0.6 is 12.8 Å². The van der Waals surface area contributed by atoms with Gasteiger partial charge in [-0.3, -0.25) is 4.72 Å². The molecule has 2 N–H and O–H groups in total. The third-order valence-corrected chi connectivity index (χ3v) is 2.32. The molecule has 0 unspecified atom stereocenters. The van der Waals surface area contributed by atoms with Crippen molar-refractivity contribution in [3.05, 3.63) is 0 Å². The van der Waals surface area contributed by atoms with Crippen LogP contribution in [-0.2, 0) is 0 Å². The van der Waals surface area contributed by atoms with Gasteiger partial charge < -0.3 is 5.11 Å². The lowest BCUT2D eigenvalue weighted by Gasteiger charge is -2.39. The van der Waals surface area contributed by atoms with Gasteiger partial charge >= 0.3 is 0 Å². The van der Waals surface area contributed by atoms with E-state index in [0.29, 0.717) is 0 Å². The number of hydrogen-bond donors (Lipinski definition) is 3. The van der Waals surface area contributed by atoms with Gasteiger partial charge in [-0.05, 0) is 19.3 Å². The van der Waals surface area contributed by atoms with Gasteiger partial charge in [0.25, 0.3) is 0 Å². The quantitative estimate of drug-likeness (QED) is 0.474. The minimum absolute atomic E-state index is 0.0247. The highest BCUT2D eigenvalue weighted by Crippen LogP contribution is 2.31. The van der Waals surface area contributed by atoms with E-state index in [-0.39, 0.29) is 12.1 Å².